The summed E-state index contributed by atoms with van der Waals surface area (Å²) in [6.07, 6.45) is 8.62. The van der Waals surface area contributed by atoms with Crippen LogP contribution < -0.4 is 4.90 Å². The molecule has 0 aromatic carbocycles. The van der Waals surface area contributed by atoms with Crippen LogP contribution in [0.1, 0.15) is 18.4 Å². The predicted molar refractivity (Wildman–Crippen MR) is 92.6 cm³/mol. The number of carbonyl (C=O) groups excluding carboxylic acids is 1. The van der Waals surface area contributed by atoms with Crippen LogP contribution in [0.25, 0.3) is 5.69 Å². The van der Waals surface area contributed by atoms with Gasteiger partial charge in [0.05, 0.1) is 36.9 Å². The number of anilines is 1. The number of hydrogen-bond acceptors (Lipinski definition) is 4. The highest BCUT2D eigenvalue weighted by Gasteiger charge is 2.47. The van der Waals surface area contributed by atoms with E-state index in [0.717, 1.165) is 16.9 Å². The number of piperidine rings is 1. The number of amides is 1. The Hall–Kier alpha value is -2.51. The number of likely N-dealkylation sites (tertiary alicyclic amines) is 1. The van der Waals surface area contributed by atoms with Gasteiger partial charge in [-0.05, 0) is 31.4 Å². The van der Waals surface area contributed by atoms with Gasteiger partial charge in [0.15, 0.2) is 0 Å². The zero-order chi connectivity index (χ0) is 18.3. The van der Waals surface area contributed by atoms with Gasteiger partial charge in [-0.1, -0.05) is 0 Å². The minimum Gasteiger partial charge on any atom is -0.368 e. The summed E-state index contributed by atoms with van der Waals surface area (Å²) in [7, 11) is 0. The number of nitrogens with zero attached hydrogens (tertiary/aromatic N) is 5. The average molecular weight is 361 g/mol. The molecule has 2 aromatic rings. The molecule has 26 heavy (non-hydrogen) atoms. The lowest BCUT2D eigenvalue weighted by atomic mass is 9.93. The molecule has 0 radical (unpaired) electrons. The van der Waals surface area contributed by atoms with Crippen molar-refractivity contribution in [2.45, 2.75) is 25.7 Å². The Bertz CT molecular complexity index is 805. The molecule has 0 aliphatic carbocycles. The second kappa shape index (κ2) is 6.34. The summed E-state index contributed by atoms with van der Waals surface area (Å²) in [5.74, 6) is -3.01. The Morgan fingerprint density at radius 2 is 1.92 bits per heavy atom. The summed E-state index contributed by atoms with van der Waals surface area (Å²) in [4.78, 5) is 20.1. The van der Waals surface area contributed by atoms with Crippen molar-refractivity contribution >= 4 is 11.6 Å². The number of rotatable bonds is 3. The van der Waals surface area contributed by atoms with Crippen molar-refractivity contribution in [1.29, 1.82) is 0 Å². The summed E-state index contributed by atoms with van der Waals surface area (Å²) in [5, 5.41) is 4.37. The van der Waals surface area contributed by atoms with Crippen LogP contribution in [0.5, 0.6) is 0 Å². The van der Waals surface area contributed by atoms with Crippen LogP contribution in [-0.4, -0.2) is 57.7 Å². The first-order valence-corrected chi connectivity index (χ1v) is 8.80. The molecule has 0 bridgehead atoms. The van der Waals surface area contributed by atoms with E-state index in [1.165, 1.54) is 4.90 Å². The third kappa shape index (κ3) is 3.15. The third-order valence-corrected chi connectivity index (χ3v) is 5.08. The molecule has 0 spiro atoms. The maximum atomic E-state index is 13.0. The Kier molecular flexibility index (Phi) is 4.13. The lowest BCUT2D eigenvalue weighted by Crippen LogP contribution is -2.60. The van der Waals surface area contributed by atoms with E-state index in [-0.39, 0.29) is 11.8 Å². The standard InChI is InChI=1S/C18H21F2N5O/c1-13-8-22-25(10-13)15-2-5-21-9-16(15)23-6-3-14(4-7-23)17(26)24-11-18(19,20)12-24/h2,5,8-10,14H,3-4,6-7,11-12H2,1H3. The normalized spacial score (nSPS) is 20.1. The predicted octanol–water partition coefficient (Wildman–Crippen LogP) is 2.27. The van der Waals surface area contributed by atoms with Gasteiger partial charge < -0.3 is 9.80 Å². The van der Waals surface area contributed by atoms with Gasteiger partial charge in [0, 0.05) is 31.4 Å². The fourth-order valence-electron chi connectivity index (χ4n) is 3.65. The van der Waals surface area contributed by atoms with Gasteiger partial charge in [0.25, 0.3) is 5.92 Å². The van der Waals surface area contributed by atoms with E-state index >= 15 is 0 Å². The molecule has 4 heterocycles. The second-order valence-electron chi connectivity index (χ2n) is 7.14. The Morgan fingerprint density at radius 1 is 1.19 bits per heavy atom. The van der Waals surface area contributed by atoms with E-state index in [1.807, 2.05) is 30.1 Å². The van der Waals surface area contributed by atoms with Crippen molar-refractivity contribution in [2.24, 2.45) is 5.92 Å². The summed E-state index contributed by atoms with van der Waals surface area (Å²) < 4.78 is 27.8. The Labute approximate surface area is 150 Å². The van der Waals surface area contributed by atoms with Crippen LogP contribution in [0.3, 0.4) is 0 Å². The molecule has 0 atom stereocenters. The van der Waals surface area contributed by atoms with Gasteiger partial charge in [0.2, 0.25) is 5.91 Å². The number of alkyl halides is 2. The van der Waals surface area contributed by atoms with E-state index in [1.54, 1.807) is 12.4 Å². The van der Waals surface area contributed by atoms with Crippen molar-refractivity contribution in [1.82, 2.24) is 19.7 Å². The van der Waals surface area contributed by atoms with E-state index in [9.17, 15) is 13.6 Å². The Morgan fingerprint density at radius 3 is 2.54 bits per heavy atom. The zero-order valence-corrected chi connectivity index (χ0v) is 14.6. The van der Waals surface area contributed by atoms with Crippen molar-refractivity contribution < 1.29 is 13.6 Å². The third-order valence-electron chi connectivity index (χ3n) is 5.08. The number of halogens is 2. The smallest absolute Gasteiger partial charge is 0.282 e. The monoisotopic (exact) mass is 361 g/mol. The van der Waals surface area contributed by atoms with Crippen LogP contribution in [0.15, 0.2) is 30.9 Å². The zero-order valence-electron chi connectivity index (χ0n) is 14.6. The summed E-state index contributed by atoms with van der Waals surface area (Å²) in [6, 6.07) is 1.92. The van der Waals surface area contributed by atoms with Crippen LogP contribution in [0, 0.1) is 12.8 Å². The molecule has 2 aliphatic rings. The molecule has 2 fully saturated rings. The summed E-state index contributed by atoms with van der Waals surface area (Å²) >= 11 is 0. The van der Waals surface area contributed by atoms with E-state index in [0.29, 0.717) is 25.9 Å². The molecule has 138 valence electrons. The van der Waals surface area contributed by atoms with Crippen LogP contribution in [-0.2, 0) is 4.79 Å². The molecule has 2 aromatic heterocycles. The number of hydrogen-bond donors (Lipinski definition) is 0. The van der Waals surface area contributed by atoms with Crippen LogP contribution >= 0.6 is 0 Å². The lowest BCUT2D eigenvalue weighted by molar-refractivity contribution is -0.170. The van der Waals surface area contributed by atoms with Gasteiger partial charge in [-0.25, -0.2) is 13.5 Å². The fourth-order valence-corrected chi connectivity index (χ4v) is 3.65. The summed E-state index contributed by atoms with van der Waals surface area (Å²) in [5.41, 5.74) is 2.99. The van der Waals surface area contributed by atoms with Crippen molar-refractivity contribution in [2.75, 3.05) is 31.1 Å². The number of pyridine rings is 1. The molecular weight excluding hydrogens is 340 g/mol. The van der Waals surface area contributed by atoms with E-state index < -0.39 is 19.0 Å². The molecule has 0 saturated carbocycles. The highest BCUT2D eigenvalue weighted by atomic mass is 19.3. The van der Waals surface area contributed by atoms with Gasteiger partial charge in [-0.2, -0.15) is 5.10 Å². The second-order valence-corrected chi connectivity index (χ2v) is 7.14. The highest BCUT2D eigenvalue weighted by molar-refractivity contribution is 5.80. The van der Waals surface area contributed by atoms with Crippen molar-refractivity contribution in [3.63, 3.8) is 0 Å². The molecule has 0 unspecified atom stereocenters. The molecule has 8 heteroatoms. The molecule has 0 N–H and O–H groups in total. The SMILES string of the molecule is Cc1cnn(-c2ccncc2N2CCC(C(=O)N3CC(F)(F)C3)CC2)c1. The molecule has 1 amide bonds. The number of aryl methyl sites for hydroxylation is 1. The van der Waals surface area contributed by atoms with Gasteiger partial charge >= 0.3 is 0 Å². The molecular formula is C18H21F2N5O. The Balaban J connectivity index is 1.43. The molecule has 6 nitrogen and oxygen atoms in total. The molecule has 4 rings (SSSR count). The minimum atomic E-state index is -2.71. The molecule has 2 aliphatic heterocycles. The van der Waals surface area contributed by atoms with E-state index in [2.05, 4.69) is 15.0 Å². The number of carbonyl (C=O) groups is 1. The fraction of sp³-hybridized carbons (Fsp3) is 0.500. The van der Waals surface area contributed by atoms with Crippen LogP contribution in [0.2, 0.25) is 0 Å². The van der Waals surface area contributed by atoms with Crippen molar-refractivity contribution in [3.8, 4) is 5.69 Å². The van der Waals surface area contributed by atoms with E-state index in [4.69, 9.17) is 0 Å². The maximum absolute atomic E-state index is 13.0. The van der Waals surface area contributed by atoms with Gasteiger partial charge in [-0.15, -0.1) is 0 Å². The quantitative estimate of drug-likeness (QED) is 0.842. The largest absolute Gasteiger partial charge is 0.368 e. The average Bonchev–Trinajstić information content (AvgIpc) is 3.05. The lowest BCUT2D eigenvalue weighted by Gasteiger charge is -2.42. The van der Waals surface area contributed by atoms with Crippen molar-refractivity contribution in [3.05, 3.63) is 36.4 Å². The minimum absolute atomic E-state index is 0.135. The maximum Gasteiger partial charge on any atom is 0.282 e. The van der Waals surface area contributed by atoms with Crippen LogP contribution in [0.4, 0.5) is 14.5 Å². The first-order valence-electron chi connectivity index (χ1n) is 8.80. The molecule has 2 saturated heterocycles. The first kappa shape index (κ1) is 16.9. The highest BCUT2D eigenvalue weighted by Crippen LogP contribution is 2.32. The van der Waals surface area contributed by atoms with Gasteiger partial charge in [-0.3, -0.25) is 9.78 Å². The van der Waals surface area contributed by atoms with Gasteiger partial charge in [0.1, 0.15) is 0 Å². The topological polar surface area (TPSA) is 54.3 Å². The summed E-state index contributed by atoms with van der Waals surface area (Å²) in [6.45, 7) is 2.51. The number of aromatic nitrogens is 3. The first-order chi connectivity index (χ1) is 12.4.